The number of hydrogen-bond acceptors (Lipinski definition) is 8. The number of quaternary nitrogens is 1. The van der Waals surface area contributed by atoms with E-state index in [4.69, 9.17) is 4.74 Å². The molecule has 11 heteroatoms. The smallest absolute Gasteiger partial charge is 0.459 e. The Kier molecular flexibility index (Phi) is 6.82. The van der Waals surface area contributed by atoms with Crippen molar-refractivity contribution in [3.8, 4) is 0 Å². The second kappa shape index (κ2) is 8.82. The standard InChI is InChI=1S/C20H24N2O9/c1-20(2,3)15(17(25)26)16(18(27)28)21(22(30)13(23)9-10-14(22)24)19(29)31-11-12-7-5-4-6-8-12/h4-8,15-16,30H,9-11H2,1-3H3,(H-,25,26,27,28)/t15?,16-/m0/s1. The van der Waals surface area contributed by atoms with Gasteiger partial charge in [0.2, 0.25) is 0 Å². The van der Waals surface area contributed by atoms with Crippen molar-refractivity contribution < 1.29 is 48.9 Å². The summed E-state index contributed by atoms with van der Waals surface area (Å²) in [7, 11) is 0. The summed E-state index contributed by atoms with van der Waals surface area (Å²) < 4.78 is 2.73. The highest BCUT2D eigenvalue weighted by atomic mass is 16.7. The van der Waals surface area contributed by atoms with Crippen LogP contribution in [0.2, 0.25) is 0 Å². The van der Waals surface area contributed by atoms with Crippen molar-refractivity contribution in [3.05, 3.63) is 35.9 Å². The van der Waals surface area contributed by atoms with Crippen LogP contribution in [0.4, 0.5) is 4.79 Å². The lowest BCUT2D eigenvalue weighted by atomic mass is 9.76. The third kappa shape index (κ3) is 4.72. The summed E-state index contributed by atoms with van der Waals surface area (Å²) in [5.74, 6) is -7.94. The minimum absolute atomic E-state index is 0.0417. The van der Waals surface area contributed by atoms with Gasteiger partial charge in [-0.15, -0.1) is 0 Å². The van der Waals surface area contributed by atoms with E-state index in [9.17, 15) is 39.4 Å². The molecule has 1 fully saturated rings. The van der Waals surface area contributed by atoms with Crippen LogP contribution < -0.4 is 5.11 Å². The number of carbonyl (C=O) groups is 5. The van der Waals surface area contributed by atoms with Crippen molar-refractivity contribution in [1.29, 1.82) is 0 Å². The normalized spacial score (nSPS) is 17.7. The Hall–Kier alpha value is -3.31. The topological polar surface area (TPSA) is 161 Å². The summed E-state index contributed by atoms with van der Waals surface area (Å²) in [6.07, 6.45) is -2.49. The van der Waals surface area contributed by atoms with Crippen LogP contribution in [0, 0.1) is 11.3 Å². The van der Waals surface area contributed by atoms with Crippen LogP contribution in [0.15, 0.2) is 30.3 Å². The number of rotatable bonds is 7. The largest absolute Gasteiger partial charge is 0.548 e. The summed E-state index contributed by atoms with van der Waals surface area (Å²) in [6.45, 7) is 3.80. The molecule has 1 saturated heterocycles. The maximum absolute atomic E-state index is 12.9. The van der Waals surface area contributed by atoms with Gasteiger partial charge in [0.25, 0.3) is 0 Å². The number of carbonyl (C=O) groups excluding carboxylic acids is 4. The van der Waals surface area contributed by atoms with E-state index >= 15 is 0 Å². The van der Waals surface area contributed by atoms with Crippen LogP contribution in [0.25, 0.3) is 0 Å². The fourth-order valence-corrected chi connectivity index (χ4v) is 3.46. The van der Waals surface area contributed by atoms with E-state index in [1.807, 2.05) is 0 Å². The zero-order valence-electron chi connectivity index (χ0n) is 17.3. The number of hydrogen-bond donors (Lipinski definition) is 2. The van der Waals surface area contributed by atoms with Gasteiger partial charge in [-0.25, -0.2) is 14.4 Å². The van der Waals surface area contributed by atoms with Gasteiger partial charge in [0.15, 0.2) is 0 Å². The number of nitrogens with zero attached hydrogens (tertiary/aromatic N) is 2. The second-order valence-electron chi connectivity index (χ2n) is 8.22. The molecular weight excluding hydrogens is 412 g/mol. The van der Waals surface area contributed by atoms with Gasteiger partial charge in [-0.3, -0.25) is 4.79 Å². The molecule has 1 aromatic carbocycles. The molecular formula is C20H24N2O9. The Labute approximate surface area is 177 Å². The maximum Gasteiger partial charge on any atom is 0.459 e. The summed E-state index contributed by atoms with van der Waals surface area (Å²) in [4.78, 5) is 61.7. The quantitative estimate of drug-likeness (QED) is 0.351. The Morgan fingerprint density at radius 2 is 1.65 bits per heavy atom. The molecule has 3 amide bonds. The van der Waals surface area contributed by atoms with E-state index in [0.29, 0.717) is 5.56 Å². The molecule has 0 aliphatic carbocycles. The van der Waals surface area contributed by atoms with E-state index in [0.717, 1.165) is 0 Å². The van der Waals surface area contributed by atoms with Crippen LogP contribution in [0.1, 0.15) is 39.2 Å². The molecule has 2 N–H and O–H groups in total. The monoisotopic (exact) mass is 436 g/mol. The molecule has 0 bridgehead atoms. The number of imide groups is 1. The first kappa shape index (κ1) is 24.0. The van der Waals surface area contributed by atoms with E-state index in [2.05, 4.69) is 0 Å². The van der Waals surface area contributed by atoms with Crippen molar-refractivity contribution in [2.24, 2.45) is 11.3 Å². The van der Waals surface area contributed by atoms with Gasteiger partial charge in [0.1, 0.15) is 12.6 Å². The van der Waals surface area contributed by atoms with E-state index < -0.39 is 64.8 Å². The third-order valence-electron chi connectivity index (χ3n) is 4.97. The molecule has 31 heavy (non-hydrogen) atoms. The first-order valence-corrected chi connectivity index (χ1v) is 9.44. The van der Waals surface area contributed by atoms with Crippen molar-refractivity contribution in [1.82, 2.24) is 5.01 Å². The van der Waals surface area contributed by atoms with Crippen LogP contribution in [-0.2, 0) is 30.5 Å². The van der Waals surface area contributed by atoms with Gasteiger partial charge >= 0.3 is 23.9 Å². The van der Waals surface area contributed by atoms with Crippen molar-refractivity contribution in [2.45, 2.75) is 46.3 Å². The predicted octanol–water partition coefficient (Wildman–Crippen LogP) is 0.459. The summed E-state index contributed by atoms with van der Waals surface area (Å²) in [6, 6.07) is 5.81. The molecule has 2 atom stereocenters. The Morgan fingerprint density at radius 3 is 2.06 bits per heavy atom. The molecule has 0 aromatic heterocycles. The van der Waals surface area contributed by atoms with Gasteiger partial charge < -0.3 is 19.7 Å². The first-order chi connectivity index (χ1) is 14.3. The summed E-state index contributed by atoms with van der Waals surface area (Å²) >= 11 is 0. The van der Waals surface area contributed by atoms with E-state index in [1.165, 1.54) is 20.8 Å². The molecule has 1 unspecified atom stereocenters. The second-order valence-corrected chi connectivity index (χ2v) is 8.22. The number of amides is 3. The minimum atomic E-state index is -2.39. The Balaban J connectivity index is 2.57. The molecule has 168 valence electrons. The van der Waals surface area contributed by atoms with E-state index in [1.54, 1.807) is 30.3 Å². The van der Waals surface area contributed by atoms with Crippen LogP contribution in [-0.4, -0.2) is 56.0 Å². The molecule has 0 spiro atoms. The highest BCUT2D eigenvalue weighted by Crippen LogP contribution is 2.36. The van der Waals surface area contributed by atoms with Gasteiger partial charge in [-0.1, -0.05) is 56.1 Å². The molecule has 0 saturated carbocycles. The molecule has 2 rings (SSSR count). The van der Waals surface area contributed by atoms with Crippen LogP contribution in [0.3, 0.4) is 0 Å². The minimum Gasteiger partial charge on any atom is -0.548 e. The maximum atomic E-state index is 12.9. The molecule has 1 aromatic rings. The zero-order chi connectivity index (χ0) is 23.6. The summed E-state index contributed by atoms with van der Waals surface area (Å²) in [5.41, 5.74) is -0.783. The number of carboxylic acids is 2. The predicted molar refractivity (Wildman–Crippen MR) is 99.1 cm³/mol. The Morgan fingerprint density at radius 1 is 1.13 bits per heavy atom. The number of carboxylic acid groups (broad SMARTS) is 2. The molecule has 1 heterocycles. The highest BCUT2D eigenvalue weighted by molar-refractivity contribution is 5.93. The fourth-order valence-electron chi connectivity index (χ4n) is 3.46. The zero-order valence-corrected chi connectivity index (χ0v) is 17.3. The molecule has 0 radical (unpaired) electrons. The third-order valence-corrected chi connectivity index (χ3v) is 4.97. The molecule has 1 aliphatic heterocycles. The lowest BCUT2D eigenvalue weighted by Crippen LogP contribution is -2.72. The van der Waals surface area contributed by atoms with Gasteiger partial charge in [-0.2, -0.15) is 5.21 Å². The number of aliphatic carboxylic acids is 2. The number of benzene rings is 1. The number of hydroxylamine groups is 2. The summed E-state index contributed by atoms with van der Waals surface area (Å²) in [5, 5.41) is 32.6. The SMILES string of the molecule is CC(C)(C)C(C(=O)O)[C@@H](C(=O)[O-])N(C(=O)OCc1ccccc1)[N+]1(O)C(=O)CCC1=O. The van der Waals surface area contributed by atoms with Gasteiger partial charge in [-0.05, 0) is 11.0 Å². The molecule has 11 nitrogen and oxygen atoms in total. The van der Waals surface area contributed by atoms with Gasteiger partial charge in [0.05, 0.1) is 24.7 Å². The van der Waals surface area contributed by atoms with E-state index in [-0.39, 0.29) is 11.6 Å². The number of ether oxygens (including phenoxy) is 1. The Bertz CT molecular complexity index is 876. The fraction of sp³-hybridized carbons (Fsp3) is 0.450. The van der Waals surface area contributed by atoms with Crippen LogP contribution in [0.5, 0.6) is 0 Å². The average molecular weight is 436 g/mol. The first-order valence-electron chi connectivity index (χ1n) is 9.44. The average Bonchev–Trinajstić information content (AvgIpc) is 2.93. The lowest BCUT2D eigenvalue weighted by Gasteiger charge is -2.41. The molecule has 1 aliphatic rings. The van der Waals surface area contributed by atoms with Crippen molar-refractivity contribution >= 4 is 29.8 Å². The van der Waals surface area contributed by atoms with Gasteiger partial charge in [0, 0.05) is 4.76 Å². The van der Waals surface area contributed by atoms with Crippen molar-refractivity contribution in [3.63, 3.8) is 0 Å². The van der Waals surface area contributed by atoms with Crippen molar-refractivity contribution in [2.75, 3.05) is 0 Å². The highest BCUT2D eigenvalue weighted by Gasteiger charge is 2.63. The lowest BCUT2D eigenvalue weighted by molar-refractivity contribution is -1.06. The van der Waals surface area contributed by atoms with Crippen LogP contribution >= 0.6 is 0 Å².